The Morgan fingerprint density at radius 3 is 1.85 bits per heavy atom. The predicted molar refractivity (Wildman–Crippen MR) is 101 cm³/mol. The van der Waals surface area contributed by atoms with Crippen LogP contribution in [0.1, 0.15) is 17.0 Å². The maximum absolute atomic E-state index is 12.9. The fourth-order valence-electron chi connectivity index (χ4n) is 2.71. The van der Waals surface area contributed by atoms with Crippen LogP contribution < -0.4 is 5.32 Å². The Bertz CT molecular complexity index is 856. The highest BCUT2D eigenvalue weighted by Gasteiger charge is 2.24. The number of anilines is 1. The molecule has 0 aliphatic carbocycles. The molecule has 27 heavy (non-hydrogen) atoms. The van der Waals surface area contributed by atoms with E-state index in [1.807, 2.05) is 60.7 Å². The summed E-state index contributed by atoms with van der Waals surface area (Å²) in [4.78, 5) is 24.7. The van der Waals surface area contributed by atoms with Crippen molar-refractivity contribution in [3.8, 4) is 0 Å². The van der Waals surface area contributed by atoms with Crippen molar-refractivity contribution in [3.63, 3.8) is 0 Å². The van der Waals surface area contributed by atoms with Gasteiger partial charge in [-0.2, -0.15) is 0 Å². The molecule has 0 unspecified atom stereocenters. The number of halogens is 1. The minimum absolute atomic E-state index is 0.395. The fraction of sp³-hybridized carbons (Fsp3) is 0.0909. The van der Waals surface area contributed by atoms with E-state index in [1.54, 1.807) is 0 Å². The minimum atomic E-state index is -0.619. The van der Waals surface area contributed by atoms with Crippen LogP contribution in [0.4, 0.5) is 10.1 Å². The highest BCUT2D eigenvalue weighted by atomic mass is 19.1. The lowest BCUT2D eigenvalue weighted by Gasteiger charge is -2.17. The number of carbonyl (C=O) groups excluding carboxylic acids is 2. The van der Waals surface area contributed by atoms with Crippen LogP contribution in [-0.4, -0.2) is 18.5 Å². The lowest BCUT2D eigenvalue weighted by Crippen LogP contribution is -2.24. The Hall–Kier alpha value is -3.47. The lowest BCUT2D eigenvalue weighted by molar-refractivity contribution is -0.147. The average molecular weight is 363 g/mol. The van der Waals surface area contributed by atoms with Crippen LogP contribution in [-0.2, 0) is 14.3 Å². The number of carbonyl (C=O) groups is 2. The Labute approximate surface area is 156 Å². The first-order valence-electron chi connectivity index (χ1n) is 8.45. The summed E-state index contributed by atoms with van der Waals surface area (Å²) in [5, 5.41) is 2.56. The van der Waals surface area contributed by atoms with Crippen molar-refractivity contribution in [2.45, 2.75) is 5.92 Å². The van der Waals surface area contributed by atoms with Gasteiger partial charge in [0.15, 0.2) is 6.61 Å². The molecular weight excluding hydrogens is 345 g/mol. The molecule has 0 radical (unpaired) electrons. The normalized spacial score (nSPS) is 10.4. The van der Waals surface area contributed by atoms with Gasteiger partial charge in [0.05, 0.1) is 0 Å². The van der Waals surface area contributed by atoms with Crippen molar-refractivity contribution in [2.24, 2.45) is 0 Å². The van der Waals surface area contributed by atoms with Gasteiger partial charge >= 0.3 is 5.97 Å². The molecule has 136 valence electrons. The van der Waals surface area contributed by atoms with Crippen LogP contribution in [0.15, 0.2) is 84.9 Å². The number of esters is 1. The number of benzene rings is 3. The maximum Gasteiger partial charge on any atom is 0.318 e. The zero-order valence-electron chi connectivity index (χ0n) is 14.5. The first kappa shape index (κ1) is 18.3. The second kappa shape index (κ2) is 8.76. The van der Waals surface area contributed by atoms with Gasteiger partial charge < -0.3 is 10.1 Å². The first-order chi connectivity index (χ1) is 13.1. The SMILES string of the molecule is O=C(COC(=O)C(c1ccccc1)c1ccccc1)Nc1ccc(F)cc1. The number of nitrogens with one attached hydrogen (secondary N) is 1. The third-order valence-corrected chi connectivity index (χ3v) is 3.98. The van der Waals surface area contributed by atoms with E-state index >= 15 is 0 Å². The lowest BCUT2D eigenvalue weighted by atomic mass is 9.91. The van der Waals surface area contributed by atoms with E-state index in [0.29, 0.717) is 5.69 Å². The van der Waals surface area contributed by atoms with Gasteiger partial charge in [-0.25, -0.2) is 4.39 Å². The Morgan fingerprint density at radius 1 is 0.815 bits per heavy atom. The molecule has 0 saturated carbocycles. The standard InChI is InChI=1S/C22H18FNO3/c23-18-11-13-19(14-12-18)24-20(25)15-27-22(26)21(16-7-3-1-4-8-16)17-9-5-2-6-10-17/h1-14,21H,15H2,(H,24,25). The summed E-state index contributed by atoms with van der Waals surface area (Å²) in [7, 11) is 0. The van der Waals surface area contributed by atoms with Gasteiger partial charge in [0, 0.05) is 5.69 Å². The van der Waals surface area contributed by atoms with E-state index in [2.05, 4.69) is 5.32 Å². The molecule has 1 amide bonds. The molecule has 0 saturated heterocycles. The largest absolute Gasteiger partial charge is 0.455 e. The van der Waals surface area contributed by atoms with Crippen molar-refractivity contribution in [1.29, 1.82) is 0 Å². The summed E-state index contributed by atoms with van der Waals surface area (Å²) in [6.07, 6.45) is 0. The Balaban J connectivity index is 1.68. The average Bonchev–Trinajstić information content (AvgIpc) is 2.70. The zero-order valence-corrected chi connectivity index (χ0v) is 14.5. The molecule has 1 N–H and O–H groups in total. The number of amides is 1. The van der Waals surface area contributed by atoms with Crippen LogP contribution in [0.5, 0.6) is 0 Å². The van der Waals surface area contributed by atoms with Gasteiger partial charge in [0.25, 0.3) is 5.91 Å². The van der Waals surface area contributed by atoms with Crippen molar-refractivity contribution >= 4 is 17.6 Å². The molecule has 3 aromatic carbocycles. The van der Waals surface area contributed by atoms with Crippen LogP contribution in [0, 0.1) is 5.82 Å². The summed E-state index contributed by atoms with van der Waals surface area (Å²) in [6, 6.07) is 23.9. The molecule has 0 heterocycles. The Morgan fingerprint density at radius 2 is 1.33 bits per heavy atom. The van der Waals surface area contributed by atoms with Crippen LogP contribution in [0.2, 0.25) is 0 Å². The molecule has 0 bridgehead atoms. The van der Waals surface area contributed by atoms with E-state index in [4.69, 9.17) is 4.74 Å². The Kier molecular flexibility index (Phi) is 5.94. The molecule has 0 atom stereocenters. The van der Waals surface area contributed by atoms with Crippen LogP contribution >= 0.6 is 0 Å². The summed E-state index contributed by atoms with van der Waals surface area (Å²) in [5.74, 6) is -2.02. The number of ether oxygens (including phenoxy) is 1. The van der Waals surface area contributed by atoms with Gasteiger partial charge in [-0.15, -0.1) is 0 Å². The molecule has 0 aliphatic rings. The maximum atomic E-state index is 12.9. The summed E-state index contributed by atoms with van der Waals surface area (Å²) < 4.78 is 18.2. The van der Waals surface area contributed by atoms with Gasteiger partial charge in [-0.3, -0.25) is 9.59 Å². The van der Waals surface area contributed by atoms with Gasteiger partial charge in [0.2, 0.25) is 0 Å². The van der Waals surface area contributed by atoms with E-state index in [0.717, 1.165) is 11.1 Å². The zero-order chi connectivity index (χ0) is 19.1. The molecule has 0 aromatic heterocycles. The van der Waals surface area contributed by atoms with Crippen molar-refractivity contribution < 1.29 is 18.7 Å². The molecule has 0 spiro atoms. The fourth-order valence-corrected chi connectivity index (χ4v) is 2.71. The molecule has 3 aromatic rings. The summed E-state index contributed by atoms with van der Waals surface area (Å²) >= 11 is 0. The van der Waals surface area contributed by atoms with E-state index in [1.165, 1.54) is 24.3 Å². The monoisotopic (exact) mass is 363 g/mol. The number of hydrogen-bond donors (Lipinski definition) is 1. The van der Waals surface area contributed by atoms with Crippen LogP contribution in [0.3, 0.4) is 0 Å². The summed E-state index contributed by atoms with van der Waals surface area (Å²) in [5.41, 5.74) is 2.00. The highest BCUT2D eigenvalue weighted by Crippen LogP contribution is 2.25. The molecule has 0 aliphatic heterocycles. The second-order valence-electron chi connectivity index (χ2n) is 5.92. The summed E-state index contributed by atoms with van der Waals surface area (Å²) in [6.45, 7) is -0.424. The predicted octanol–water partition coefficient (Wildman–Crippen LogP) is 4.14. The number of hydrogen-bond acceptors (Lipinski definition) is 3. The third kappa shape index (κ3) is 5.01. The molecular formula is C22H18FNO3. The van der Waals surface area contributed by atoms with Crippen LogP contribution in [0.25, 0.3) is 0 Å². The van der Waals surface area contributed by atoms with Crippen molar-refractivity contribution in [2.75, 3.05) is 11.9 Å². The third-order valence-electron chi connectivity index (χ3n) is 3.98. The smallest absolute Gasteiger partial charge is 0.318 e. The van der Waals surface area contributed by atoms with Gasteiger partial charge in [-0.05, 0) is 35.4 Å². The molecule has 0 fully saturated rings. The number of rotatable bonds is 6. The quantitative estimate of drug-likeness (QED) is 0.670. The van der Waals surface area contributed by atoms with E-state index in [9.17, 15) is 14.0 Å². The van der Waals surface area contributed by atoms with Crippen molar-refractivity contribution in [3.05, 3.63) is 102 Å². The molecule has 4 nitrogen and oxygen atoms in total. The second-order valence-corrected chi connectivity index (χ2v) is 5.92. The van der Waals surface area contributed by atoms with E-state index < -0.39 is 30.2 Å². The minimum Gasteiger partial charge on any atom is -0.455 e. The first-order valence-corrected chi connectivity index (χ1v) is 8.45. The van der Waals surface area contributed by atoms with E-state index in [-0.39, 0.29) is 0 Å². The molecule has 3 rings (SSSR count). The topological polar surface area (TPSA) is 55.4 Å². The van der Waals surface area contributed by atoms with Crippen molar-refractivity contribution in [1.82, 2.24) is 0 Å². The van der Waals surface area contributed by atoms with Gasteiger partial charge in [-0.1, -0.05) is 60.7 Å². The van der Waals surface area contributed by atoms with Gasteiger partial charge in [0.1, 0.15) is 11.7 Å². The highest BCUT2D eigenvalue weighted by molar-refractivity contribution is 5.93. The molecule has 5 heteroatoms.